The number of nitrogens with one attached hydrogen (secondary N) is 1. The van der Waals surface area contributed by atoms with Gasteiger partial charge in [-0.1, -0.05) is 29.3 Å². The highest BCUT2D eigenvalue weighted by Gasteiger charge is 2.15. The van der Waals surface area contributed by atoms with Crippen LogP contribution in [-0.2, 0) is 0 Å². The highest BCUT2D eigenvalue weighted by atomic mass is 35.5. The van der Waals surface area contributed by atoms with Crippen LogP contribution in [-0.4, -0.2) is 14.7 Å². The van der Waals surface area contributed by atoms with Gasteiger partial charge in [0.15, 0.2) is 0 Å². The molecular weight excluding hydrogens is 279 g/mol. The van der Waals surface area contributed by atoms with Crippen molar-refractivity contribution >= 4 is 23.2 Å². The molecule has 0 saturated carbocycles. The van der Waals surface area contributed by atoms with Gasteiger partial charge in [-0.25, -0.2) is 9.36 Å². The average Bonchev–Trinajstić information content (AvgIpc) is 2.32. The van der Waals surface area contributed by atoms with Crippen LogP contribution < -0.4 is 11.2 Å². The summed E-state index contributed by atoms with van der Waals surface area (Å²) in [5, 5.41) is 10.2. The first-order valence-electron chi connectivity index (χ1n) is 4.92. The van der Waals surface area contributed by atoms with Gasteiger partial charge in [-0.3, -0.25) is 9.78 Å². The van der Waals surface area contributed by atoms with Gasteiger partial charge in [0, 0.05) is 0 Å². The van der Waals surface area contributed by atoms with Crippen molar-refractivity contribution in [1.29, 1.82) is 0 Å². The Morgan fingerprint density at radius 2 is 1.94 bits per heavy atom. The van der Waals surface area contributed by atoms with Gasteiger partial charge >= 0.3 is 5.69 Å². The van der Waals surface area contributed by atoms with Crippen molar-refractivity contribution < 1.29 is 5.11 Å². The van der Waals surface area contributed by atoms with Gasteiger partial charge in [0.25, 0.3) is 5.56 Å². The van der Waals surface area contributed by atoms with Gasteiger partial charge in [-0.05, 0) is 19.1 Å². The van der Waals surface area contributed by atoms with Crippen molar-refractivity contribution in [2.45, 2.75) is 6.92 Å². The second kappa shape index (κ2) is 4.51. The molecule has 0 aliphatic rings. The van der Waals surface area contributed by atoms with Crippen LogP contribution >= 0.6 is 23.2 Å². The van der Waals surface area contributed by atoms with Gasteiger partial charge in [-0.15, -0.1) is 0 Å². The van der Waals surface area contributed by atoms with Gasteiger partial charge in [0.1, 0.15) is 0 Å². The van der Waals surface area contributed by atoms with Crippen LogP contribution in [0.15, 0.2) is 27.8 Å². The second-order valence-corrected chi connectivity index (χ2v) is 4.40. The predicted octanol–water partition coefficient (Wildman–Crippen LogP) is 1.85. The molecule has 0 bridgehead atoms. The molecule has 18 heavy (non-hydrogen) atoms. The Bertz CT molecular complexity index is 734. The van der Waals surface area contributed by atoms with Crippen molar-refractivity contribution in [3.05, 3.63) is 54.6 Å². The maximum absolute atomic E-state index is 11.7. The average molecular weight is 287 g/mol. The Morgan fingerprint density at radius 3 is 2.61 bits per heavy atom. The zero-order chi connectivity index (χ0) is 13.4. The molecule has 7 heteroatoms. The number of hydrogen-bond donors (Lipinski definition) is 2. The molecule has 2 rings (SSSR count). The number of hydrogen-bond acceptors (Lipinski definition) is 3. The molecule has 0 spiro atoms. The molecule has 2 aromatic rings. The lowest BCUT2D eigenvalue weighted by Crippen LogP contribution is -2.30. The highest BCUT2D eigenvalue weighted by Crippen LogP contribution is 2.29. The number of aromatic hydroxyl groups is 1. The van der Waals surface area contributed by atoms with Gasteiger partial charge in [-0.2, -0.15) is 0 Å². The standard InChI is InChI=1S/C11H8Cl2N2O3/c1-5-9(16)14-11(18)15(10(5)17)7-4-2-3-6(12)8(7)13/h2-4,17H,1H3,(H,14,16,18). The van der Waals surface area contributed by atoms with E-state index in [1.165, 1.54) is 13.0 Å². The van der Waals surface area contributed by atoms with Crippen molar-refractivity contribution in [2.75, 3.05) is 0 Å². The first-order valence-corrected chi connectivity index (χ1v) is 5.68. The van der Waals surface area contributed by atoms with Crippen molar-refractivity contribution in [2.24, 2.45) is 0 Å². The van der Waals surface area contributed by atoms with E-state index < -0.39 is 17.1 Å². The number of benzene rings is 1. The van der Waals surface area contributed by atoms with E-state index in [2.05, 4.69) is 4.98 Å². The number of halogens is 2. The summed E-state index contributed by atoms with van der Waals surface area (Å²) < 4.78 is 0.894. The zero-order valence-corrected chi connectivity index (χ0v) is 10.7. The number of aromatic amines is 1. The smallest absolute Gasteiger partial charge is 0.335 e. The van der Waals surface area contributed by atoms with Crippen molar-refractivity contribution in [3.8, 4) is 11.6 Å². The Labute approximate surface area is 111 Å². The molecule has 5 nitrogen and oxygen atoms in total. The number of aromatic nitrogens is 2. The molecule has 94 valence electrons. The van der Waals surface area contributed by atoms with E-state index in [9.17, 15) is 14.7 Å². The highest BCUT2D eigenvalue weighted by molar-refractivity contribution is 6.43. The Balaban J connectivity index is 2.88. The maximum Gasteiger partial charge on any atom is 0.335 e. The molecule has 2 N–H and O–H groups in total. The Morgan fingerprint density at radius 1 is 1.28 bits per heavy atom. The lowest BCUT2D eigenvalue weighted by atomic mass is 10.3. The largest absolute Gasteiger partial charge is 0.494 e. The summed E-state index contributed by atoms with van der Waals surface area (Å²) in [5.74, 6) is -0.465. The summed E-state index contributed by atoms with van der Waals surface area (Å²) in [7, 11) is 0. The fourth-order valence-corrected chi connectivity index (χ4v) is 1.88. The molecular formula is C11H8Cl2N2O3. The summed E-state index contributed by atoms with van der Waals surface area (Å²) >= 11 is 11.8. The molecule has 1 aromatic heterocycles. The van der Waals surface area contributed by atoms with Crippen LogP contribution in [0.4, 0.5) is 0 Å². The molecule has 1 aromatic carbocycles. The summed E-state index contributed by atoms with van der Waals surface area (Å²) in [6.07, 6.45) is 0. The third-order valence-electron chi connectivity index (χ3n) is 2.48. The number of nitrogens with zero attached hydrogens (tertiary/aromatic N) is 1. The SMILES string of the molecule is Cc1c(O)n(-c2cccc(Cl)c2Cl)c(=O)[nH]c1=O. The van der Waals surface area contributed by atoms with E-state index in [-0.39, 0.29) is 21.3 Å². The Hall–Kier alpha value is -1.72. The topological polar surface area (TPSA) is 75.1 Å². The fraction of sp³-hybridized carbons (Fsp3) is 0.0909. The quantitative estimate of drug-likeness (QED) is 0.840. The van der Waals surface area contributed by atoms with E-state index in [1.807, 2.05) is 0 Å². The van der Waals surface area contributed by atoms with Gasteiger partial charge in [0.2, 0.25) is 5.88 Å². The molecule has 0 atom stereocenters. The van der Waals surface area contributed by atoms with E-state index in [1.54, 1.807) is 12.1 Å². The first-order chi connectivity index (χ1) is 8.43. The fourth-order valence-electron chi connectivity index (χ4n) is 1.50. The summed E-state index contributed by atoms with van der Waals surface area (Å²) in [6, 6.07) is 4.64. The molecule has 0 aliphatic carbocycles. The van der Waals surface area contributed by atoms with E-state index in [0.29, 0.717) is 0 Å². The minimum absolute atomic E-state index is 0.0191. The van der Waals surface area contributed by atoms with Gasteiger partial charge in [0.05, 0.1) is 21.3 Å². The third-order valence-corrected chi connectivity index (χ3v) is 3.29. The predicted molar refractivity (Wildman–Crippen MR) is 69.1 cm³/mol. The van der Waals surface area contributed by atoms with Crippen LogP contribution in [0.1, 0.15) is 5.56 Å². The van der Waals surface area contributed by atoms with Crippen LogP contribution in [0, 0.1) is 6.92 Å². The molecule has 0 fully saturated rings. The molecule has 0 amide bonds. The van der Waals surface area contributed by atoms with Crippen molar-refractivity contribution in [3.63, 3.8) is 0 Å². The van der Waals surface area contributed by atoms with E-state index in [0.717, 1.165) is 4.57 Å². The van der Waals surface area contributed by atoms with E-state index >= 15 is 0 Å². The molecule has 0 saturated heterocycles. The summed E-state index contributed by atoms with van der Waals surface area (Å²) in [6.45, 7) is 1.39. The normalized spacial score (nSPS) is 10.6. The van der Waals surface area contributed by atoms with Crippen LogP contribution in [0.5, 0.6) is 5.88 Å². The lowest BCUT2D eigenvalue weighted by Gasteiger charge is -2.11. The second-order valence-electron chi connectivity index (χ2n) is 3.62. The number of rotatable bonds is 1. The molecule has 0 unspecified atom stereocenters. The third kappa shape index (κ3) is 1.91. The minimum Gasteiger partial charge on any atom is -0.494 e. The minimum atomic E-state index is -0.785. The van der Waals surface area contributed by atoms with Crippen LogP contribution in [0.2, 0.25) is 10.0 Å². The first kappa shape index (κ1) is 12.7. The Kier molecular flexibility index (Phi) is 3.19. The summed E-state index contributed by atoms with van der Waals surface area (Å²) in [5.41, 5.74) is -1.21. The monoisotopic (exact) mass is 286 g/mol. The molecule has 0 radical (unpaired) electrons. The van der Waals surface area contributed by atoms with Crippen molar-refractivity contribution in [1.82, 2.24) is 9.55 Å². The summed E-state index contributed by atoms with van der Waals surface area (Å²) in [4.78, 5) is 25.1. The van der Waals surface area contributed by atoms with Crippen LogP contribution in [0.3, 0.4) is 0 Å². The molecule has 0 aliphatic heterocycles. The lowest BCUT2D eigenvalue weighted by molar-refractivity contribution is 0.426. The van der Waals surface area contributed by atoms with Gasteiger partial charge < -0.3 is 5.11 Å². The number of H-pyrrole nitrogens is 1. The molecule has 1 heterocycles. The maximum atomic E-state index is 11.7. The van der Waals surface area contributed by atoms with E-state index in [4.69, 9.17) is 23.2 Å². The van der Waals surface area contributed by atoms with Crippen LogP contribution in [0.25, 0.3) is 5.69 Å². The zero-order valence-electron chi connectivity index (χ0n) is 9.20.